The molecule has 1 aromatic heterocycles. The second-order valence-corrected chi connectivity index (χ2v) is 4.74. The van der Waals surface area contributed by atoms with Crippen LogP contribution in [0.2, 0.25) is 0 Å². The summed E-state index contributed by atoms with van der Waals surface area (Å²) in [5, 5.41) is 18.0. The van der Waals surface area contributed by atoms with Gasteiger partial charge in [0.15, 0.2) is 5.82 Å². The van der Waals surface area contributed by atoms with Crippen LogP contribution in [-0.2, 0) is 17.6 Å². The van der Waals surface area contributed by atoms with Gasteiger partial charge in [-0.25, -0.2) is 0 Å². The quantitative estimate of drug-likeness (QED) is 0.824. The number of hydrogen-bond acceptors (Lipinski definition) is 5. The van der Waals surface area contributed by atoms with Crippen molar-refractivity contribution in [2.45, 2.75) is 39.2 Å². The maximum Gasteiger partial charge on any atom is 0.169 e. The summed E-state index contributed by atoms with van der Waals surface area (Å²) in [6.45, 7) is 5.76. The Bertz CT molecular complexity index is 495. The van der Waals surface area contributed by atoms with Gasteiger partial charge in [-0.2, -0.15) is 10.4 Å². The second kappa shape index (κ2) is 5.98. The molecule has 0 amide bonds. The van der Waals surface area contributed by atoms with E-state index < -0.39 is 0 Å². The molecule has 0 saturated carbocycles. The van der Waals surface area contributed by atoms with Crippen molar-refractivity contribution in [3.05, 3.63) is 16.8 Å². The molecule has 2 heterocycles. The Hall–Kier alpha value is -1.67. The molecule has 0 radical (unpaired) electrons. The SMILES string of the molecule is CCc1nnc(N2CCC(OC)C2)c(C#N)c1CC. The molecule has 0 spiro atoms. The summed E-state index contributed by atoms with van der Waals surface area (Å²) < 4.78 is 5.37. The first-order valence-electron chi connectivity index (χ1n) is 6.81. The van der Waals surface area contributed by atoms with Crippen molar-refractivity contribution in [3.8, 4) is 6.07 Å². The highest BCUT2D eigenvalue weighted by molar-refractivity contribution is 5.58. The van der Waals surface area contributed by atoms with Crippen LogP contribution in [0, 0.1) is 11.3 Å². The Balaban J connectivity index is 2.39. The Morgan fingerprint density at radius 2 is 2.16 bits per heavy atom. The summed E-state index contributed by atoms with van der Waals surface area (Å²) in [5.41, 5.74) is 2.66. The molecule has 1 aliphatic rings. The number of nitriles is 1. The molecule has 0 aliphatic carbocycles. The van der Waals surface area contributed by atoms with Gasteiger partial charge in [0, 0.05) is 20.2 Å². The van der Waals surface area contributed by atoms with E-state index in [2.05, 4.69) is 28.1 Å². The van der Waals surface area contributed by atoms with Gasteiger partial charge in [-0.3, -0.25) is 0 Å². The number of nitrogens with zero attached hydrogens (tertiary/aromatic N) is 4. The predicted molar refractivity (Wildman–Crippen MR) is 73.1 cm³/mol. The van der Waals surface area contributed by atoms with Crippen LogP contribution >= 0.6 is 0 Å². The predicted octanol–water partition coefficient (Wildman–Crippen LogP) is 1.70. The molecule has 2 rings (SSSR count). The molecule has 1 aromatic rings. The molecule has 1 atom stereocenters. The minimum absolute atomic E-state index is 0.226. The summed E-state index contributed by atoms with van der Waals surface area (Å²) in [7, 11) is 1.72. The zero-order valence-electron chi connectivity index (χ0n) is 11.8. The van der Waals surface area contributed by atoms with Gasteiger partial charge in [0.1, 0.15) is 11.6 Å². The normalized spacial score (nSPS) is 18.6. The number of rotatable bonds is 4. The average Bonchev–Trinajstić information content (AvgIpc) is 2.94. The summed E-state index contributed by atoms with van der Waals surface area (Å²) in [4.78, 5) is 2.11. The van der Waals surface area contributed by atoms with Crippen LogP contribution in [0.1, 0.15) is 37.1 Å². The van der Waals surface area contributed by atoms with Gasteiger partial charge >= 0.3 is 0 Å². The largest absolute Gasteiger partial charge is 0.380 e. The molecule has 1 aliphatic heterocycles. The second-order valence-electron chi connectivity index (χ2n) is 4.74. The summed E-state index contributed by atoms with van der Waals surface area (Å²) >= 11 is 0. The van der Waals surface area contributed by atoms with Gasteiger partial charge < -0.3 is 9.64 Å². The Morgan fingerprint density at radius 3 is 2.68 bits per heavy atom. The smallest absolute Gasteiger partial charge is 0.169 e. The highest BCUT2D eigenvalue weighted by Gasteiger charge is 2.27. The fourth-order valence-corrected chi connectivity index (χ4v) is 2.61. The van der Waals surface area contributed by atoms with E-state index in [0.29, 0.717) is 5.56 Å². The number of ether oxygens (including phenoxy) is 1. The maximum absolute atomic E-state index is 9.46. The van der Waals surface area contributed by atoms with Crippen LogP contribution < -0.4 is 4.90 Å². The monoisotopic (exact) mass is 260 g/mol. The molecule has 0 bridgehead atoms. The number of aromatic nitrogens is 2. The Labute approximate surface area is 114 Å². The van der Waals surface area contributed by atoms with E-state index in [4.69, 9.17) is 4.74 Å². The molecule has 0 aromatic carbocycles. The number of methoxy groups -OCH3 is 1. The molecule has 0 N–H and O–H groups in total. The first kappa shape index (κ1) is 13.8. The fourth-order valence-electron chi connectivity index (χ4n) is 2.61. The highest BCUT2D eigenvalue weighted by atomic mass is 16.5. The van der Waals surface area contributed by atoms with Crippen molar-refractivity contribution in [2.75, 3.05) is 25.1 Å². The first-order valence-corrected chi connectivity index (χ1v) is 6.81. The number of anilines is 1. The maximum atomic E-state index is 9.46. The van der Waals surface area contributed by atoms with Crippen LogP contribution in [-0.4, -0.2) is 36.5 Å². The Kier molecular flexibility index (Phi) is 4.33. The van der Waals surface area contributed by atoms with Gasteiger partial charge in [-0.15, -0.1) is 5.10 Å². The van der Waals surface area contributed by atoms with Gasteiger partial charge in [0.05, 0.1) is 11.8 Å². The topological polar surface area (TPSA) is 62.0 Å². The van der Waals surface area contributed by atoms with E-state index in [-0.39, 0.29) is 6.10 Å². The zero-order valence-corrected chi connectivity index (χ0v) is 11.8. The summed E-state index contributed by atoms with van der Waals surface area (Å²) in [6.07, 6.45) is 2.83. The van der Waals surface area contributed by atoms with Gasteiger partial charge in [0.2, 0.25) is 0 Å². The summed E-state index contributed by atoms with van der Waals surface area (Å²) in [6, 6.07) is 2.31. The van der Waals surface area contributed by atoms with Crippen LogP contribution in [0.4, 0.5) is 5.82 Å². The molecule has 5 nitrogen and oxygen atoms in total. The first-order chi connectivity index (χ1) is 9.24. The van der Waals surface area contributed by atoms with E-state index in [1.165, 1.54) is 0 Å². The van der Waals surface area contributed by atoms with Crippen molar-refractivity contribution in [2.24, 2.45) is 0 Å². The lowest BCUT2D eigenvalue weighted by molar-refractivity contribution is 0.121. The molecule has 102 valence electrons. The van der Waals surface area contributed by atoms with E-state index in [9.17, 15) is 5.26 Å². The molecule has 19 heavy (non-hydrogen) atoms. The fraction of sp³-hybridized carbons (Fsp3) is 0.643. The van der Waals surface area contributed by atoms with E-state index in [1.54, 1.807) is 7.11 Å². The van der Waals surface area contributed by atoms with Crippen LogP contribution in [0.25, 0.3) is 0 Å². The minimum atomic E-state index is 0.226. The lowest BCUT2D eigenvalue weighted by Gasteiger charge is -2.20. The van der Waals surface area contributed by atoms with Crippen LogP contribution in [0.5, 0.6) is 0 Å². The molecule has 1 unspecified atom stereocenters. The molecule has 5 heteroatoms. The zero-order chi connectivity index (χ0) is 13.8. The van der Waals surface area contributed by atoms with Gasteiger partial charge in [0.25, 0.3) is 0 Å². The minimum Gasteiger partial charge on any atom is -0.380 e. The van der Waals surface area contributed by atoms with Gasteiger partial charge in [-0.05, 0) is 24.8 Å². The van der Waals surface area contributed by atoms with E-state index >= 15 is 0 Å². The van der Waals surface area contributed by atoms with Crippen LogP contribution in [0.3, 0.4) is 0 Å². The van der Waals surface area contributed by atoms with Crippen molar-refractivity contribution in [3.63, 3.8) is 0 Å². The van der Waals surface area contributed by atoms with Gasteiger partial charge in [-0.1, -0.05) is 13.8 Å². The van der Waals surface area contributed by atoms with Crippen molar-refractivity contribution < 1.29 is 4.74 Å². The molecule has 1 saturated heterocycles. The summed E-state index contributed by atoms with van der Waals surface area (Å²) in [5.74, 6) is 0.719. The van der Waals surface area contributed by atoms with Crippen molar-refractivity contribution in [1.82, 2.24) is 10.2 Å². The lowest BCUT2D eigenvalue weighted by atomic mass is 10.0. The molecule has 1 fully saturated rings. The van der Waals surface area contributed by atoms with Crippen molar-refractivity contribution >= 4 is 5.82 Å². The highest BCUT2D eigenvalue weighted by Crippen LogP contribution is 2.26. The van der Waals surface area contributed by atoms with Crippen LogP contribution in [0.15, 0.2) is 0 Å². The van der Waals surface area contributed by atoms with E-state index in [0.717, 1.165) is 49.4 Å². The molecular formula is C14H20N4O. The average molecular weight is 260 g/mol. The number of hydrogen-bond donors (Lipinski definition) is 0. The third-order valence-corrected chi connectivity index (χ3v) is 3.72. The third kappa shape index (κ3) is 2.54. The van der Waals surface area contributed by atoms with Crippen molar-refractivity contribution in [1.29, 1.82) is 5.26 Å². The molecular weight excluding hydrogens is 240 g/mol. The lowest BCUT2D eigenvalue weighted by Crippen LogP contribution is -2.25. The standard InChI is InChI=1S/C14H20N4O/c1-4-11-12(8-15)14(17-16-13(11)5-2)18-7-6-10(9-18)19-3/h10H,4-7,9H2,1-3H3. The Morgan fingerprint density at radius 1 is 1.37 bits per heavy atom. The third-order valence-electron chi connectivity index (χ3n) is 3.72. The van der Waals surface area contributed by atoms with E-state index in [1.807, 2.05) is 6.92 Å². The number of aryl methyl sites for hydroxylation is 1.